The third-order valence-electron chi connectivity index (χ3n) is 4.44. The number of hydrogen-bond acceptors (Lipinski definition) is 5. The van der Waals surface area contributed by atoms with Crippen molar-refractivity contribution in [2.45, 2.75) is 33.9 Å². The summed E-state index contributed by atoms with van der Waals surface area (Å²) in [6, 6.07) is 9.16. The predicted molar refractivity (Wildman–Crippen MR) is 106 cm³/mol. The minimum atomic E-state index is -4.25. The molecule has 2 aromatic carbocycles. The highest BCUT2D eigenvalue weighted by Crippen LogP contribution is 2.33. The number of halogens is 2. The third kappa shape index (κ3) is 4.04. The zero-order valence-corrected chi connectivity index (χ0v) is 17.7. The van der Waals surface area contributed by atoms with E-state index in [1.807, 2.05) is 6.07 Å². The van der Waals surface area contributed by atoms with Gasteiger partial charge >= 0.3 is 0 Å². The van der Waals surface area contributed by atoms with Crippen LogP contribution in [0.4, 0.5) is 0 Å². The lowest BCUT2D eigenvalue weighted by molar-refractivity contribution is 0.346. The van der Waals surface area contributed by atoms with E-state index < -0.39 is 29.7 Å². The molecule has 10 heteroatoms. The Morgan fingerprint density at radius 2 is 1.46 bits per heavy atom. The van der Waals surface area contributed by atoms with Gasteiger partial charge in [0.15, 0.2) is 0 Å². The number of piperidine rings is 1. The van der Waals surface area contributed by atoms with Crippen LogP contribution >= 0.6 is 23.2 Å². The van der Waals surface area contributed by atoms with Gasteiger partial charge in [0.1, 0.15) is 4.90 Å². The molecule has 0 unspecified atom stereocenters. The Balaban J connectivity index is 2.23. The Hall–Kier alpha value is -1.63. The third-order valence-corrected chi connectivity index (χ3v) is 8.74. The lowest BCUT2D eigenvalue weighted by Gasteiger charge is -2.26. The zero-order valence-electron chi connectivity index (χ0n) is 14.6. The molecule has 1 aliphatic rings. The van der Waals surface area contributed by atoms with Crippen LogP contribution in [0.25, 0.3) is 0 Å². The molecule has 148 valence electrons. The first kappa shape index (κ1) is 21.1. The van der Waals surface area contributed by atoms with Crippen LogP contribution in [0.5, 0.6) is 0 Å². The first-order chi connectivity index (χ1) is 13.2. The van der Waals surface area contributed by atoms with Gasteiger partial charge < -0.3 is 0 Å². The van der Waals surface area contributed by atoms with Crippen LogP contribution in [0.3, 0.4) is 0 Å². The molecule has 28 heavy (non-hydrogen) atoms. The summed E-state index contributed by atoms with van der Waals surface area (Å²) in [5, 5.41) is 9.40. The zero-order chi connectivity index (χ0) is 20.5. The number of sulfone groups is 1. The molecule has 1 aliphatic heterocycles. The molecule has 0 N–H and O–H groups in total. The van der Waals surface area contributed by atoms with Crippen molar-refractivity contribution in [3.63, 3.8) is 0 Å². The molecule has 0 bridgehead atoms. The lowest BCUT2D eigenvalue weighted by atomic mass is 10.2. The van der Waals surface area contributed by atoms with E-state index in [1.165, 1.54) is 28.6 Å². The van der Waals surface area contributed by atoms with Gasteiger partial charge in [0.2, 0.25) is 19.9 Å². The van der Waals surface area contributed by atoms with E-state index >= 15 is 0 Å². The van der Waals surface area contributed by atoms with E-state index in [0.29, 0.717) is 25.9 Å². The van der Waals surface area contributed by atoms with Crippen LogP contribution in [0.1, 0.15) is 24.8 Å². The quantitative estimate of drug-likeness (QED) is 0.692. The maximum atomic E-state index is 13.2. The van der Waals surface area contributed by atoms with Crippen LogP contribution in [0.2, 0.25) is 10.0 Å². The number of benzene rings is 2. The molecule has 0 atom stereocenters. The van der Waals surface area contributed by atoms with Crippen molar-refractivity contribution in [1.82, 2.24) is 4.31 Å². The van der Waals surface area contributed by atoms with Crippen molar-refractivity contribution < 1.29 is 16.8 Å². The second-order valence-electron chi connectivity index (χ2n) is 6.35. The van der Waals surface area contributed by atoms with Gasteiger partial charge in [-0.15, -0.1) is 0 Å². The van der Waals surface area contributed by atoms with E-state index in [0.717, 1.165) is 18.6 Å². The van der Waals surface area contributed by atoms with Crippen molar-refractivity contribution in [1.29, 1.82) is 5.26 Å². The number of sulfonamides is 1. The molecule has 0 spiro atoms. The minimum absolute atomic E-state index is 0.0543. The largest absolute Gasteiger partial charge is 0.244 e. The highest BCUT2D eigenvalue weighted by atomic mass is 35.5. The maximum absolute atomic E-state index is 13.2. The van der Waals surface area contributed by atoms with Crippen LogP contribution in [0.15, 0.2) is 51.1 Å². The fraction of sp³-hybridized carbons (Fsp3) is 0.278. The molecule has 0 saturated carbocycles. The number of nitriles is 1. The average Bonchev–Trinajstić information content (AvgIpc) is 2.67. The Bertz CT molecular complexity index is 1150. The van der Waals surface area contributed by atoms with Crippen molar-refractivity contribution in [3.05, 3.63) is 52.0 Å². The SMILES string of the molecule is N#Cc1ccc(S(=O)(=O)c2cc(Cl)cc(Cl)c2)c(S(=O)(=O)N2CCCCC2)c1. The van der Waals surface area contributed by atoms with E-state index in [9.17, 15) is 22.1 Å². The van der Waals surface area contributed by atoms with Gasteiger partial charge in [-0.05, 0) is 49.2 Å². The molecule has 3 rings (SSSR count). The fourth-order valence-corrected chi connectivity index (χ4v) is 7.36. The van der Waals surface area contributed by atoms with E-state index in [2.05, 4.69) is 0 Å². The highest BCUT2D eigenvalue weighted by Gasteiger charge is 2.33. The first-order valence-corrected chi connectivity index (χ1v) is 12.1. The first-order valence-electron chi connectivity index (χ1n) is 8.42. The molecule has 1 saturated heterocycles. The normalized spacial score (nSPS) is 15.9. The Kier molecular flexibility index (Phi) is 6.03. The summed E-state index contributed by atoms with van der Waals surface area (Å²) in [6.07, 6.45) is 2.31. The summed E-state index contributed by atoms with van der Waals surface area (Å²) in [5.74, 6) is 0. The fourth-order valence-electron chi connectivity index (χ4n) is 3.06. The molecular formula is C18H16Cl2N2O4S2. The van der Waals surface area contributed by atoms with E-state index in [4.69, 9.17) is 23.2 Å². The molecular weight excluding hydrogens is 443 g/mol. The van der Waals surface area contributed by atoms with E-state index in [-0.39, 0.29) is 20.5 Å². The Morgan fingerprint density at radius 3 is 2.04 bits per heavy atom. The van der Waals surface area contributed by atoms with Gasteiger partial charge in [-0.3, -0.25) is 0 Å². The molecule has 1 heterocycles. The molecule has 0 radical (unpaired) electrons. The summed E-state index contributed by atoms with van der Waals surface area (Å²) < 4.78 is 54.0. The second-order valence-corrected chi connectivity index (χ2v) is 11.0. The molecule has 0 aromatic heterocycles. The van der Waals surface area contributed by atoms with Gasteiger partial charge in [0.25, 0.3) is 0 Å². The Morgan fingerprint density at radius 1 is 0.857 bits per heavy atom. The highest BCUT2D eigenvalue weighted by molar-refractivity contribution is 7.93. The molecule has 6 nitrogen and oxygen atoms in total. The van der Waals surface area contributed by atoms with Crippen molar-refractivity contribution >= 4 is 43.1 Å². The summed E-state index contributed by atoms with van der Waals surface area (Å²) in [4.78, 5) is -1.04. The van der Waals surface area contributed by atoms with Crippen molar-refractivity contribution in [3.8, 4) is 6.07 Å². The summed E-state index contributed by atoms with van der Waals surface area (Å²) in [6.45, 7) is 0.614. The maximum Gasteiger partial charge on any atom is 0.244 e. The number of nitrogens with zero attached hydrogens (tertiary/aromatic N) is 2. The van der Waals surface area contributed by atoms with Crippen LogP contribution in [-0.4, -0.2) is 34.2 Å². The molecule has 0 aliphatic carbocycles. The predicted octanol–water partition coefficient (Wildman–Crippen LogP) is 3.87. The smallest absolute Gasteiger partial charge is 0.218 e. The molecule has 1 fully saturated rings. The second kappa shape index (κ2) is 8.01. The van der Waals surface area contributed by atoms with Crippen molar-refractivity contribution in [2.24, 2.45) is 0 Å². The summed E-state index contributed by atoms with van der Waals surface area (Å²) >= 11 is 11.8. The van der Waals surface area contributed by atoms with Crippen LogP contribution in [-0.2, 0) is 19.9 Å². The lowest BCUT2D eigenvalue weighted by Crippen LogP contribution is -2.36. The minimum Gasteiger partial charge on any atom is -0.218 e. The van der Waals surface area contributed by atoms with Gasteiger partial charge in [-0.25, -0.2) is 16.8 Å². The Labute approximate surface area is 174 Å². The van der Waals surface area contributed by atoms with Crippen LogP contribution in [0, 0.1) is 11.3 Å². The average molecular weight is 459 g/mol. The van der Waals surface area contributed by atoms with Gasteiger partial charge in [0, 0.05) is 23.1 Å². The summed E-state index contributed by atoms with van der Waals surface area (Å²) in [5.41, 5.74) is 0.0543. The van der Waals surface area contributed by atoms with Gasteiger partial charge in [-0.2, -0.15) is 9.57 Å². The standard InChI is InChI=1S/C18H16Cl2N2O4S2/c19-14-9-15(20)11-16(10-14)27(23,24)17-5-4-13(12-21)8-18(17)28(25,26)22-6-2-1-3-7-22/h4-5,8-11H,1-3,6-7H2. The number of rotatable bonds is 4. The summed E-state index contributed by atoms with van der Waals surface area (Å²) in [7, 11) is -8.35. The molecule has 2 aromatic rings. The van der Waals surface area contributed by atoms with Crippen molar-refractivity contribution in [2.75, 3.05) is 13.1 Å². The van der Waals surface area contributed by atoms with E-state index in [1.54, 1.807) is 0 Å². The van der Waals surface area contributed by atoms with Gasteiger partial charge in [0.05, 0.1) is 21.4 Å². The monoisotopic (exact) mass is 458 g/mol. The number of hydrogen-bond donors (Lipinski definition) is 0. The van der Waals surface area contributed by atoms with Gasteiger partial charge in [-0.1, -0.05) is 29.6 Å². The topological polar surface area (TPSA) is 95.3 Å². The molecule has 0 amide bonds. The van der Waals surface area contributed by atoms with Crippen LogP contribution < -0.4 is 0 Å².